The summed E-state index contributed by atoms with van der Waals surface area (Å²) < 4.78 is 31.6. The summed E-state index contributed by atoms with van der Waals surface area (Å²) in [6, 6.07) is 3.20. The van der Waals surface area contributed by atoms with Gasteiger partial charge in [0, 0.05) is 12.0 Å². The van der Waals surface area contributed by atoms with E-state index in [0.717, 1.165) is 18.2 Å². The quantitative estimate of drug-likeness (QED) is 0.657. The molecule has 94 valence electrons. The normalized spacial score (nSPS) is 18.7. The summed E-state index contributed by atoms with van der Waals surface area (Å²) in [7, 11) is 0. The van der Waals surface area contributed by atoms with Crippen LogP contribution in [0, 0.1) is 17.2 Å². The van der Waals surface area contributed by atoms with Crippen LogP contribution >= 0.6 is 11.6 Å². The summed E-state index contributed by atoms with van der Waals surface area (Å²) in [4.78, 5) is 0. The number of hydrogen-bond acceptors (Lipinski definition) is 3. The summed E-state index contributed by atoms with van der Waals surface area (Å²) in [6.45, 7) is 0. The average molecular weight is 271 g/mol. The first-order valence-electron chi connectivity index (χ1n) is 5.13. The lowest BCUT2D eigenvalue weighted by atomic mass is 10.0. The van der Waals surface area contributed by atoms with Crippen LogP contribution in [-0.4, -0.2) is 5.56 Å². The third-order valence-corrected chi connectivity index (χ3v) is 2.67. The molecule has 0 saturated carbocycles. The van der Waals surface area contributed by atoms with E-state index in [1.807, 2.05) is 0 Å². The van der Waals surface area contributed by atoms with Crippen molar-refractivity contribution in [2.75, 3.05) is 0 Å². The first kappa shape index (κ1) is 12.7. The number of nitrogens with zero attached hydrogens (tertiary/aromatic N) is 1. The van der Waals surface area contributed by atoms with Crippen molar-refractivity contribution in [2.24, 2.45) is 5.11 Å². The van der Waals surface area contributed by atoms with Crippen LogP contribution in [0.4, 0.5) is 8.78 Å². The molecule has 1 aromatic carbocycles. The van der Waals surface area contributed by atoms with Crippen molar-refractivity contribution in [3.63, 3.8) is 0 Å². The van der Waals surface area contributed by atoms with Gasteiger partial charge >= 0.3 is 0 Å². The maximum Gasteiger partial charge on any atom is 0.237 e. The van der Waals surface area contributed by atoms with Crippen LogP contribution in [0.2, 0.25) is 0 Å². The Morgan fingerprint density at radius 1 is 1.39 bits per heavy atom. The molecule has 2 rings (SSSR count). The fraction of sp³-hybridized carbons (Fsp3) is 0.167. The Labute approximate surface area is 107 Å². The van der Waals surface area contributed by atoms with Gasteiger partial charge in [-0.05, 0) is 29.8 Å². The van der Waals surface area contributed by atoms with Crippen molar-refractivity contribution >= 4 is 11.6 Å². The molecule has 1 aromatic rings. The molecule has 0 bridgehead atoms. The molecule has 1 unspecified atom stereocenters. The minimum atomic E-state index is -0.699. The molecule has 0 aliphatic carbocycles. The standard InChI is InChI=1S/C12H9ClF2N2O/c13-11-4-1-7(12(17-16)18-11)5-8-6-9(14)2-3-10(8)15/h1-4,6,11,16H,5H2. The zero-order chi connectivity index (χ0) is 13.1. The monoisotopic (exact) mass is 270 g/mol. The number of alkyl halides is 1. The highest BCUT2D eigenvalue weighted by molar-refractivity contribution is 6.21. The van der Waals surface area contributed by atoms with Crippen molar-refractivity contribution in [2.45, 2.75) is 12.0 Å². The first-order valence-corrected chi connectivity index (χ1v) is 5.57. The lowest BCUT2D eigenvalue weighted by Crippen LogP contribution is -2.09. The van der Waals surface area contributed by atoms with Crippen molar-refractivity contribution in [3.05, 3.63) is 59.0 Å². The Hall–Kier alpha value is -1.75. The van der Waals surface area contributed by atoms with Gasteiger partial charge in [-0.15, -0.1) is 5.11 Å². The topological polar surface area (TPSA) is 45.4 Å². The van der Waals surface area contributed by atoms with E-state index in [1.54, 1.807) is 12.2 Å². The molecule has 0 fully saturated rings. The average Bonchev–Trinajstić information content (AvgIpc) is 2.36. The largest absolute Gasteiger partial charge is 0.453 e. The fourth-order valence-electron chi connectivity index (χ4n) is 1.60. The smallest absolute Gasteiger partial charge is 0.237 e. The lowest BCUT2D eigenvalue weighted by Gasteiger charge is -2.16. The molecule has 3 nitrogen and oxygen atoms in total. The minimum Gasteiger partial charge on any atom is -0.453 e. The van der Waals surface area contributed by atoms with Gasteiger partial charge < -0.3 is 4.74 Å². The molecule has 1 aliphatic rings. The molecule has 1 aliphatic heterocycles. The second kappa shape index (κ2) is 5.27. The van der Waals surface area contributed by atoms with Gasteiger partial charge in [0.1, 0.15) is 11.6 Å². The first-order chi connectivity index (χ1) is 8.60. The molecule has 0 radical (unpaired) electrons. The Morgan fingerprint density at radius 3 is 2.89 bits per heavy atom. The fourth-order valence-corrected chi connectivity index (χ4v) is 1.76. The van der Waals surface area contributed by atoms with Crippen LogP contribution in [0.25, 0.3) is 0 Å². The van der Waals surface area contributed by atoms with E-state index in [2.05, 4.69) is 5.11 Å². The summed E-state index contributed by atoms with van der Waals surface area (Å²) in [5.41, 5.74) is 6.91. The van der Waals surface area contributed by atoms with Crippen LogP contribution in [0.3, 0.4) is 0 Å². The predicted octanol–water partition coefficient (Wildman–Crippen LogP) is 3.90. The zero-order valence-corrected chi connectivity index (χ0v) is 9.92. The summed E-state index contributed by atoms with van der Waals surface area (Å²) in [5.74, 6) is -1.02. The maximum absolute atomic E-state index is 13.5. The predicted molar refractivity (Wildman–Crippen MR) is 62.1 cm³/mol. The van der Waals surface area contributed by atoms with E-state index in [1.165, 1.54) is 0 Å². The Bertz CT molecular complexity index is 543. The van der Waals surface area contributed by atoms with Crippen LogP contribution in [0.15, 0.2) is 46.9 Å². The van der Waals surface area contributed by atoms with Crippen molar-refractivity contribution in [1.82, 2.24) is 0 Å². The van der Waals surface area contributed by atoms with Gasteiger partial charge in [0.25, 0.3) is 0 Å². The van der Waals surface area contributed by atoms with Gasteiger partial charge in [0.2, 0.25) is 5.88 Å². The number of hydrogen-bond donors (Lipinski definition) is 1. The molecule has 0 amide bonds. The van der Waals surface area contributed by atoms with E-state index >= 15 is 0 Å². The number of nitrogens with one attached hydrogen (secondary N) is 1. The molecular formula is C12H9ClF2N2O. The van der Waals surface area contributed by atoms with Crippen molar-refractivity contribution in [3.8, 4) is 0 Å². The van der Waals surface area contributed by atoms with E-state index < -0.39 is 17.2 Å². The highest BCUT2D eigenvalue weighted by Crippen LogP contribution is 2.24. The molecule has 0 spiro atoms. The molecular weight excluding hydrogens is 262 g/mol. The summed E-state index contributed by atoms with van der Waals surface area (Å²) >= 11 is 5.69. The Kier molecular flexibility index (Phi) is 3.72. The molecule has 0 aromatic heterocycles. The van der Waals surface area contributed by atoms with E-state index in [9.17, 15) is 8.78 Å². The lowest BCUT2D eigenvalue weighted by molar-refractivity contribution is 0.201. The number of benzene rings is 1. The number of allylic oxidation sites excluding steroid dienone is 2. The minimum absolute atomic E-state index is 0.0150. The van der Waals surface area contributed by atoms with Gasteiger partial charge in [-0.3, -0.25) is 0 Å². The van der Waals surface area contributed by atoms with Crippen LogP contribution in [-0.2, 0) is 11.2 Å². The molecule has 6 heteroatoms. The van der Waals surface area contributed by atoms with E-state index in [0.29, 0.717) is 5.57 Å². The van der Waals surface area contributed by atoms with Gasteiger partial charge in [0.05, 0.1) is 0 Å². The second-order valence-electron chi connectivity index (χ2n) is 3.68. The summed E-state index contributed by atoms with van der Waals surface area (Å²) in [6.07, 6.45) is 3.23. The van der Waals surface area contributed by atoms with E-state index in [-0.39, 0.29) is 17.9 Å². The molecule has 1 heterocycles. The van der Waals surface area contributed by atoms with Crippen molar-refractivity contribution < 1.29 is 13.5 Å². The highest BCUT2D eigenvalue weighted by Gasteiger charge is 2.17. The number of halogens is 3. The van der Waals surface area contributed by atoms with Gasteiger partial charge in [-0.1, -0.05) is 17.7 Å². The number of ether oxygens (including phenoxy) is 1. The van der Waals surface area contributed by atoms with Gasteiger partial charge in [-0.2, -0.15) is 0 Å². The van der Waals surface area contributed by atoms with Gasteiger partial charge in [-0.25, -0.2) is 14.3 Å². The number of rotatable bonds is 3. The van der Waals surface area contributed by atoms with Crippen LogP contribution < -0.4 is 0 Å². The maximum atomic E-state index is 13.5. The zero-order valence-electron chi connectivity index (χ0n) is 9.16. The Morgan fingerprint density at radius 2 is 2.17 bits per heavy atom. The molecule has 1 N–H and O–H groups in total. The van der Waals surface area contributed by atoms with Crippen LogP contribution in [0.5, 0.6) is 0 Å². The third-order valence-electron chi connectivity index (χ3n) is 2.44. The van der Waals surface area contributed by atoms with Crippen molar-refractivity contribution in [1.29, 1.82) is 5.53 Å². The van der Waals surface area contributed by atoms with E-state index in [4.69, 9.17) is 21.9 Å². The third kappa shape index (κ3) is 2.73. The Balaban J connectivity index is 2.30. The molecule has 0 saturated heterocycles. The summed E-state index contributed by atoms with van der Waals surface area (Å²) in [5, 5.41) is 3.18. The molecule has 18 heavy (non-hydrogen) atoms. The second-order valence-corrected chi connectivity index (χ2v) is 4.11. The SMILES string of the molecule is N=NC1=C(Cc2cc(F)ccc2F)C=CC(Cl)O1. The van der Waals surface area contributed by atoms with Gasteiger partial charge in [0.15, 0.2) is 5.56 Å². The highest BCUT2D eigenvalue weighted by atomic mass is 35.5. The van der Waals surface area contributed by atoms with Crippen LogP contribution in [0.1, 0.15) is 5.56 Å². The molecule has 1 atom stereocenters.